The molecule has 0 spiro atoms. The molecule has 0 saturated carbocycles. The molecule has 0 aromatic heterocycles. The van der Waals surface area contributed by atoms with Crippen molar-refractivity contribution in [3.8, 4) is 0 Å². The van der Waals surface area contributed by atoms with Crippen molar-refractivity contribution in [3.63, 3.8) is 0 Å². The van der Waals surface area contributed by atoms with E-state index in [1.807, 2.05) is 0 Å². The summed E-state index contributed by atoms with van der Waals surface area (Å²) in [6.45, 7) is 3.54. The van der Waals surface area contributed by atoms with E-state index in [9.17, 15) is 14.4 Å². The highest BCUT2D eigenvalue weighted by atomic mass is 16.7. The lowest BCUT2D eigenvalue weighted by molar-refractivity contribution is -0.181. The van der Waals surface area contributed by atoms with Gasteiger partial charge in [0, 0.05) is 27.9 Å². The molecular weight excluding hydrogens is 272 g/mol. The minimum atomic E-state index is -0.915. The van der Waals surface area contributed by atoms with Crippen molar-refractivity contribution in [1.82, 2.24) is 0 Å². The first kappa shape index (κ1) is 16.4. The predicted molar refractivity (Wildman–Crippen MR) is 63.4 cm³/mol. The van der Waals surface area contributed by atoms with E-state index in [0.29, 0.717) is 0 Å². The van der Waals surface area contributed by atoms with Crippen LogP contribution in [0.15, 0.2) is 0 Å². The summed E-state index contributed by atoms with van der Waals surface area (Å²) in [7, 11) is 1.36. The minimum Gasteiger partial charge on any atom is -0.463 e. The molecule has 1 aliphatic heterocycles. The topological polar surface area (TPSA) is 97.4 Å². The molecule has 0 aromatic rings. The minimum absolute atomic E-state index is 0.134. The number of carbonyl (C=O) groups is 3. The molecule has 1 fully saturated rings. The molecule has 0 N–H and O–H groups in total. The van der Waals surface area contributed by atoms with Crippen LogP contribution in [0.4, 0.5) is 0 Å². The first-order chi connectivity index (χ1) is 9.35. The zero-order valence-corrected chi connectivity index (χ0v) is 11.8. The van der Waals surface area contributed by atoms with E-state index in [1.165, 1.54) is 27.9 Å². The molecule has 114 valence electrons. The second kappa shape index (κ2) is 7.20. The van der Waals surface area contributed by atoms with Crippen LogP contribution in [0.1, 0.15) is 20.8 Å². The van der Waals surface area contributed by atoms with Crippen LogP contribution < -0.4 is 0 Å². The number of methoxy groups -OCH3 is 1. The van der Waals surface area contributed by atoms with Crippen LogP contribution in [-0.2, 0) is 38.1 Å². The molecule has 0 bridgehead atoms. The zero-order valence-electron chi connectivity index (χ0n) is 11.8. The van der Waals surface area contributed by atoms with E-state index >= 15 is 0 Å². The molecule has 1 saturated heterocycles. The monoisotopic (exact) mass is 290 g/mol. The van der Waals surface area contributed by atoms with Crippen molar-refractivity contribution >= 4 is 17.9 Å². The second-order valence-electron chi connectivity index (χ2n) is 4.23. The van der Waals surface area contributed by atoms with Crippen molar-refractivity contribution in [1.29, 1.82) is 0 Å². The largest absolute Gasteiger partial charge is 0.463 e. The third-order valence-electron chi connectivity index (χ3n) is 2.55. The van der Waals surface area contributed by atoms with E-state index in [4.69, 9.17) is 23.7 Å². The normalized spacial score (nSPS) is 28.8. The van der Waals surface area contributed by atoms with E-state index in [1.54, 1.807) is 0 Å². The van der Waals surface area contributed by atoms with Crippen molar-refractivity contribution in [2.24, 2.45) is 0 Å². The van der Waals surface area contributed by atoms with Gasteiger partial charge >= 0.3 is 17.9 Å². The van der Waals surface area contributed by atoms with Crippen molar-refractivity contribution in [3.05, 3.63) is 0 Å². The van der Waals surface area contributed by atoms with E-state index in [0.717, 1.165) is 0 Å². The van der Waals surface area contributed by atoms with Gasteiger partial charge in [0.15, 0.2) is 18.5 Å². The Bertz CT molecular complexity index is 380. The fraction of sp³-hybridized carbons (Fsp3) is 0.750. The van der Waals surface area contributed by atoms with Gasteiger partial charge in [-0.1, -0.05) is 0 Å². The van der Waals surface area contributed by atoms with Crippen LogP contribution in [0, 0.1) is 0 Å². The Labute approximate surface area is 116 Å². The SMILES string of the molecule is COC1O[C@H](COC(C)=O)[C@H](OC(C)=O)[C@H]1OC(C)=O. The van der Waals surface area contributed by atoms with Crippen molar-refractivity contribution in [2.45, 2.75) is 45.4 Å². The molecular formula is C12H18O8. The first-order valence-corrected chi connectivity index (χ1v) is 6.01. The summed E-state index contributed by atoms with van der Waals surface area (Å²) in [5.74, 6) is -1.63. The van der Waals surface area contributed by atoms with Crippen LogP contribution in [-0.4, -0.2) is 56.2 Å². The molecule has 4 atom stereocenters. The average molecular weight is 290 g/mol. The summed E-state index contributed by atoms with van der Waals surface area (Å²) < 4.78 is 25.5. The average Bonchev–Trinajstić information content (AvgIpc) is 2.63. The van der Waals surface area contributed by atoms with Crippen LogP contribution in [0.3, 0.4) is 0 Å². The molecule has 1 heterocycles. The third-order valence-corrected chi connectivity index (χ3v) is 2.55. The predicted octanol–water partition coefficient (Wildman–Crippen LogP) is -0.216. The van der Waals surface area contributed by atoms with E-state index in [-0.39, 0.29) is 6.61 Å². The number of hydrogen-bond donors (Lipinski definition) is 0. The molecule has 0 radical (unpaired) electrons. The maximum Gasteiger partial charge on any atom is 0.303 e. The molecule has 0 aliphatic carbocycles. The number of rotatable bonds is 5. The molecule has 8 nitrogen and oxygen atoms in total. The summed E-state index contributed by atoms with van der Waals surface area (Å²) in [6, 6.07) is 0. The molecule has 20 heavy (non-hydrogen) atoms. The van der Waals surface area contributed by atoms with Crippen molar-refractivity contribution < 1.29 is 38.1 Å². The zero-order chi connectivity index (χ0) is 15.3. The lowest BCUT2D eigenvalue weighted by atomic mass is 10.1. The number of hydrogen-bond acceptors (Lipinski definition) is 8. The lowest BCUT2D eigenvalue weighted by Gasteiger charge is -2.22. The Balaban J connectivity index is 2.84. The molecule has 1 unspecified atom stereocenters. The van der Waals surface area contributed by atoms with Gasteiger partial charge in [-0.05, 0) is 0 Å². The molecule has 1 aliphatic rings. The maximum absolute atomic E-state index is 11.1. The van der Waals surface area contributed by atoms with Gasteiger partial charge in [0.2, 0.25) is 0 Å². The van der Waals surface area contributed by atoms with E-state index < -0.39 is 42.5 Å². The highest BCUT2D eigenvalue weighted by molar-refractivity contribution is 5.67. The molecule has 0 amide bonds. The van der Waals surface area contributed by atoms with Gasteiger partial charge in [-0.25, -0.2) is 0 Å². The maximum atomic E-state index is 11.1. The van der Waals surface area contributed by atoms with Crippen molar-refractivity contribution in [2.75, 3.05) is 13.7 Å². The molecule has 0 aromatic carbocycles. The van der Waals surface area contributed by atoms with Crippen LogP contribution in [0.5, 0.6) is 0 Å². The van der Waals surface area contributed by atoms with Gasteiger partial charge in [0.05, 0.1) is 0 Å². The highest BCUT2D eigenvalue weighted by Gasteiger charge is 2.49. The fourth-order valence-corrected chi connectivity index (χ4v) is 1.87. The summed E-state index contributed by atoms with van der Waals surface area (Å²) in [5.41, 5.74) is 0. The first-order valence-electron chi connectivity index (χ1n) is 6.01. The lowest BCUT2D eigenvalue weighted by Crippen LogP contribution is -2.41. The van der Waals surface area contributed by atoms with Crippen LogP contribution in [0.25, 0.3) is 0 Å². The van der Waals surface area contributed by atoms with Gasteiger partial charge in [-0.2, -0.15) is 0 Å². The van der Waals surface area contributed by atoms with Gasteiger partial charge in [0.1, 0.15) is 12.7 Å². The highest BCUT2D eigenvalue weighted by Crippen LogP contribution is 2.27. The third kappa shape index (κ3) is 4.46. The van der Waals surface area contributed by atoms with Gasteiger partial charge < -0.3 is 23.7 Å². The second-order valence-corrected chi connectivity index (χ2v) is 4.23. The summed E-state index contributed by atoms with van der Waals surface area (Å²) >= 11 is 0. The Morgan fingerprint density at radius 3 is 1.95 bits per heavy atom. The quantitative estimate of drug-likeness (QED) is 0.506. The van der Waals surface area contributed by atoms with E-state index in [2.05, 4.69) is 0 Å². The number of esters is 3. The summed E-state index contributed by atoms with van der Waals surface area (Å²) in [4.78, 5) is 33.1. The van der Waals surface area contributed by atoms with Gasteiger partial charge in [-0.3, -0.25) is 14.4 Å². The Morgan fingerprint density at radius 1 is 0.950 bits per heavy atom. The molecule has 8 heteroatoms. The summed E-state index contributed by atoms with van der Waals surface area (Å²) in [5, 5.41) is 0. The number of carbonyl (C=O) groups excluding carboxylic acids is 3. The Hall–Kier alpha value is -1.67. The summed E-state index contributed by atoms with van der Waals surface area (Å²) in [6.07, 6.45) is -3.48. The smallest absolute Gasteiger partial charge is 0.303 e. The fourth-order valence-electron chi connectivity index (χ4n) is 1.87. The van der Waals surface area contributed by atoms with Crippen LogP contribution >= 0.6 is 0 Å². The Kier molecular flexibility index (Phi) is 5.90. The number of ether oxygens (including phenoxy) is 5. The van der Waals surface area contributed by atoms with Gasteiger partial charge in [-0.15, -0.1) is 0 Å². The molecule has 1 rings (SSSR count). The standard InChI is InChI=1S/C12H18O8/c1-6(13)17-5-9-10(18-7(2)14)11(19-8(3)15)12(16-4)20-9/h9-12H,5H2,1-4H3/t9-,10+,11-,12?/m1/s1. The van der Waals surface area contributed by atoms with Crippen LogP contribution in [0.2, 0.25) is 0 Å². The Morgan fingerprint density at radius 2 is 1.50 bits per heavy atom. The van der Waals surface area contributed by atoms with Gasteiger partial charge in [0.25, 0.3) is 0 Å².